The Hall–Kier alpha value is -3.42. The van der Waals surface area contributed by atoms with Gasteiger partial charge in [0.2, 0.25) is 5.91 Å². The van der Waals surface area contributed by atoms with Gasteiger partial charge in [-0.25, -0.2) is 14.4 Å². The highest BCUT2D eigenvalue weighted by atomic mass is 19.1. The molecule has 1 saturated heterocycles. The van der Waals surface area contributed by atoms with Crippen LogP contribution in [-0.2, 0) is 11.3 Å². The van der Waals surface area contributed by atoms with E-state index in [2.05, 4.69) is 20.2 Å². The number of fused-ring (bicyclic) bond motifs is 1. The number of halogens is 1. The molecule has 1 aromatic heterocycles. The fraction of sp³-hybridized carbons (Fsp3) is 0.348. The first kappa shape index (κ1) is 20.8. The SMILES string of the molecule is COc1ccc(CNC(=O)C2CCN(c3ncnc4cc(F)c(OC)cc34)CC2)cc1. The summed E-state index contributed by atoms with van der Waals surface area (Å²) in [7, 11) is 3.06. The summed E-state index contributed by atoms with van der Waals surface area (Å²) < 4.78 is 24.3. The van der Waals surface area contributed by atoms with Crippen LogP contribution in [0.3, 0.4) is 0 Å². The number of aromatic nitrogens is 2. The van der Waals surface area contributed by atoms with E-state index in [1.807, 2.05) is 24.3 Å². The molecule has 0 saturated carbocycles. The van der Waals surface area contributed by atoms with Gasteiger partial charge in [-0.2, -0.15) is 0 Å². The molecule has 2 heterocycles. The molecule has 7 nitrogen and oxygen atoms in total. The van der Waals surface area contributed by atoms with Crippen LogP contribution in [0.2, 0.25) is 0 Å². The Morgan fingerprint density at radius 2 is 1.87 bits per heavy atom. The Morgan fingerprint density at radius 1 is 1.13 bits per heavy atom. The molecule has 3 aromatic rings. The van der Waals surface area contributed by atoms with Crippen LogP contribution >= 0.6 is 0 Å². The molecule has 162 valence electrons. The van der Waals surface area contributed by atoms with Crippen LogP contribution in [0.15, 0.2) is 42.7 Å². The van der Waals surface area contributed by atoms with Gasteiger partial charge >= 0.3 is 0 Å². The number of anilines is 1. The minimum Gasteiger partial charge on any atom is -0.497 e. The number of carbonyl (C=O) groups excluding carboxylic acids is 1. The van der Waals surface area contributed by atoms with Crippen molar-refractivity contribution in [2.75, 3.05) is 32.2 Å². The van der Waals surface area contributed by atoms with Crippen molar-refractivity contribution in [2.24, 2.45) is 5.92 Å². The predicted octanol–water partition coefficient (Wildman–Crippen LogP) is 3.32. The molecule has 0 atom stereocenters. The van der Waals surface area contributed by atoms with Gasteiger partial charge < -0.3 is 19.7 Å². The van der Waals surface area contributed by atoms with Crippen LogP contribution in [0.25, 0.3) is 10.9 Å². The summed E-state index contributed by atoms with van der Waals surface area (Å²) >= 11 is 0. The molecule has 1 aliphatic rings. The summed E-state index contributed by atoms with van der Waals surface area (Å²) in [5, 5.41) is 3.77. The summed E-state index contributed by atoms with van der Waals surface area (Å²) in [6.07, 6.45) is 2.88. The van der Waals surface area contributed by atoms with E-state index in [1.54, 1.807) is 13.2 Å². The van der Waals surface area contributed by atoms with Crippen molar-refractivity contribution in [3.63, 3.8) is 0 Å². The van der Waals surface area contributed by atoms with E-state index in [0.717, 1.165) is 35.4 Å². The number of carbonyl (C=O) groups is 1. The summed E-state index contributed by atoms with van der Waals surface area (Å²) in [6.45, 7) is 1.86. The normalized spacial score (nSPS) is 14.5. The number of nitrogens with zero attached hydrogens (tertiary/aromatic N) is 3. The van der Waals surface area contributed by atoms with Crippen molar-refractivity contribution in [3.8, 4) is 11.5 Å². The number of rotatable bonds is 6. The highest BCUT2D eigenvalue weighted by Crippen LogP contribution is 2.31. The number of ether oxygens (including phenoxy) is 2. The van der Waals surface area contributed by atoms with Crippen LogP contribution in [0.1, 0.15) is 18.4 Å². The molecule has 1 aliphatic heterocycles. The van der Waals surface area contributed by atoms with Crippen molar-refractivity contribution in [2.45, 2.75) is 19.4 Å². The molecule has 0 radical (unpaired) electrons. The number of nitrogens with one attached hydrogen (secondary N) is 1. The largest absolute Gasteiger partial charge is 0.497 e. The lowest BCUT2D eigenvalue weighted by Gasteiger charge is -2.32. The minimum atomic E-state index is -0.452. The molecule has 1 amide bonds. The molecule has 1 N–H and O–H groups in total. The maximum Gasteiger partial charge on any atom is 0.223 e. The second-order valence-electron chi connectivity index (χ2n) is 7.53. The van der Waals surface area contributed by atoms with E-state index >= 15 is 0 Å². The first-order valence-electron chi connectivity index (χ1n) is 10.2. The number of amides is 1. The average Bonchev–Trinajstić information content (AvgIpc) is 2.82. The second kappa shape index (κ2) is 9.16. The topological polar surface area (TPSA) is 76.6 Å². The first-order valence-corrected chi connectivity index (χ1v) is 10.2. The predicted molar refractivity (Wildman–Crippen MR) is 116 cm³/mol. The zero-order valence-electron chi connectivity index (χ0n) is 17.6. The highest BCUT2D eigenvalue weighted by Gasteiger charge is 2.26. The van der Waals surface area contributed by atoms with Crippen molar-refractivity contribution in [3.05, 3.63) is 54.1 Å². The van der Waals surface area contributed by atoms with Crippen LogP contribution in [0, 0.1) is 11.7 Å². The van der Waals surface area contributed by atoms with Gasteiger partial charge in [-0.1, -0.05) is 12.1 Å². The molecule has 0 aliphatic carbocycles. The number of benzene rings is 2. The summed E-state index contributed by atoms with van der Waals surface area (Å²) in [5.74, 6) is 1.25. The van der Waals surface area contributed by atoms with Gasteiger partial charge in [0.1, 0.15) is 17.9 Å². The van der Waals surface area contributed by atoms with E-state index in [0.29, 0.717) is 25.2 Å². The zero-order chi connectivity index (χ0) is 21.8. The van der Waals surface area contributed by atoms with E-state index in [1.165, 1.54) is 19.5 Å². The van der Waals surface area contributed by atoms with Gasteiger partial charge in [0, 0.05) is 37.0 Å². The zero-order valence-corrected chi connectivity index (χ0v) is 17.6. The van der Waals surface area contributed by atoms with Gasteiger partial charge in [0.25, 0.3) is 0 Å². The summed E-state index contributed by atoms with van der Waals surface area (Å²) in [5.41, 5.74) is 1.56. The van der Waals surface area contributed by atoms with E-state index < -0.39 is 5.82 Å². The van der Waals surface area contributed by atoms with Crippen molar-refractivity contribution >= 4 is 22.6 Å². The van der Waals surface area contributed by atoms with E-state index in [-0.39, 0.29) is 17.6 Å². The Balaban J connectivity index is 1.38. The number of hydrogen-bond donors (Lipinski definition) is 1. The summed E-state index contributed by atoms with van der Waals surface area (Å²) in [6, 6.07) is 10.6. The Labute approximate surface area is 180 Å². The van der Waals surface area contributed by atoms with Gasteiger partial charge in [-0.3, -0.25) is 4.79 Å². The molecular formula is C23H25FN4O3. The summed E-state index contributed by atoms with van der Waals surface area (Å²) in [4.78, 5) is 23.3. The van der Waals surface area contributed by atoms with Crippen LogP contribution in [0.5, 0.6) is 11.5 Å². The standard InChI is InChI=1S/C23H25FN4O3/c1-30-17-5-3-15(4-6-17)13-25-23(29)16-7-9-28(10-8-16)22-18-11-21(31-2)19(24)12-20(18)26-14-27-22/h3-6,11-12,14,16H,7-10,13H2,1-2H3,(H,25,29). The Kier molecular flexibility index (Phi) is 6.16. The van der Waals surface area contributed by atoms with Crippen LogP contribution < -0.4 is 19.7 Å². The van der Waals surface area contributed by atoms with Gasteiger partial charge in [-0.05, 0) is 36.6 Å². The lowest BCUT2D eigenvalue weighted by molar-refractivity contribution is -0.125. The van der Waals surface area contributed by atoms with E-state index in [9.17, 15) is 9.18 Å². The average molecular weight is 424 g/mol. The van der Waals surface area contributed by atoms with Crippen molar-refractivity contribution in [1.82, 2.24) is 15.3 Å². The van der Waals surface area contributed by atoms with E-state index in [4.69, 9.17) is 9.47 Å². The molecule has 8 heteroatoms. The highest BCUT2D eigenvalue weighted by molar-refractivity contribution is 5.90. The minimum absolute atomic E-state index is 0.0467. The molecule has 0 bridgehead atoms. The van der Waals surface area contributed by atoms with Crippen molar-refractivity contribution in [1.29, 1.82) is 0 Å². The van der Waals surface area contributed by atoms with Crippen LogP contribution in [-0.4, -0.2) is 43.2 Å². The fourth-order valence-corrected chi connectivity index (χ4v) is 3.88. The molecule has 2 aromatic carbocycles. The monoisotopic (exact) mass is 424 g/mol. The van der Waals surface area contributed by atoms with Gasteiger partial charge in [-0.15, -0.1) is 0 Å². The lowest BCUT2D eigenvalue weighted by atomic mass is 9.95. The number of piperidine rings is 1. The van der Waals surface area contributed by atoms with Gasteiger partial charge in [0.15, 0.2) is 11.6 Å². The molecule has 4 rings (SSSR count). The third-order valence-corrected chi connectivity index (χ3v) is 5.68. The maximum atomic E-state index is 14.0. The maximum absolute atomic E-state index is 14.0. The van der Waals surface area contributed by atoms with Crippen LogP contribution in [0.4, 0.5) is 10.2 Å². The molecule has 1 fully saturated rings. The quantitative estimate of drug-likeness (QED) is 0.654. The molecule has 0 unspecified atom stereocenters. The number of hydrogen-bond acceptors (Lipinski definition) is 6. The smallest absolute Gasteiger partial charge is 0.223 e. The fourth-order valence-electron chi connectivity index (χ4n) is 3.88. The molecular weight excluding hydrogens is 399 g/mol. The molecule has 31 heavy (non-hydrogen) atoms. The lowest BCUT2D eigenvalue weighted by Crippen LogP contribution is -2.40. The first-order chi connectivity index (χ1) is 15.1. The molecule has 0 spiro atoms. The Morgan fingerprint density at radius 3 is 2.55 bits per heavy atom. The third kappa shape index (κ3) is 4.52. The second-order valence-corrected chi connectivity index (χ2v) is 7.53. The third-order valence-electron chi connectivity index (χ3n) is 5.68. The van der Waals surface area contributed by atoms with Gasteiger partial charge in [0.05, 0.1) is 19.7 Å². The van der Waals surface area contributed by atoms with Crippen molar-refractivity contribution < 1.29 is 18.7 Å². The number of methoxy groups -OCH3 is 2. The Bertz CT molecular complexity index is 1070.